The average molecular weight is 241 g/mol. The number of benzene rings is 1. The Labute approximate surface area is 92.5 Å². The molecular formula is C10H8FNO3S. The third-order valence-corrected chi connectivity index (χ3v) is 2.52. The maximum Gasteiger partial charge on any atom is 0.333 e. The highest BCUT2D eigenvalue weighted by molar-refractivity contribution is 7.86. The number of rotatable bonds is 2. The summed E-state index contributed by atoms with van der Waals surface area (Å²) in [7, 11) is -4.80. The lowest BCUT2D eigenvalue weighted by atomic mass is 10.2. The number of carbonyl (C=O) groups is 1. The van der Waals surface area contributed by atoms with Crippen LogP contribution in [0.1, 0.15) is 12.0 Å². The SMILES string of the molecule is NC(=O)CC#Cc1ccccc1S(=O)(=O)F. The molecule has 0 aliphatic rings. The van der Waals surface area contributed by atoms with Crippen molar-refractivity contribution in [3.63, 3.8) is 0 Å². The van der Waals surface area contributed by atoms with E-state index in [1.54, 1.807) is 0 Å². The van der Waals surface area contributed by atoms with Gasteiger partial charge < -0.3 is 5.73 Å². The molecule has 2 N–H and O–H groups in total. The molecule has 0 aliphatic carbocycles. The maximum absolute atomic E-state index is 12.8. The number of nitrogens with two attached hydrogens (primary N) is 1. The van der Waals surface area contributed by atoms with Gasteiger partial charge in [0.25, 0.3) is 0 Å². The summed E-state index contributed by atoms with van der Waals surface area (Å²) in [5.41, 5.74) is 4.85. The van der Waals surface area contributed by atoms with Crippen molar-refractivity contribution in [2.45, 2.75) is 11.3 Å². The highest BCUT2D eigenvalue weighted by Crippen LogP contribution is 2.16. The minimum atomic E-state index is -4.80. The van der Waals surface area contributed by atoms with E-state index in [9.17, 15) is 17.1 Å². The van der Waals surface area contributed by atoms with Gasteiger partial charge in [0.2, 0.25) is 5.91 Å². The fourth-order valence-corrected chi connectivity index (χ4v) is 1.63. The molecule has 1 aromatic rings. The second kappa shape index (κ2) is 4.77. The van der Waals surface area contributed by atoms with Gasteiger partial charge in [0.05, 0.1) is 6.42 Å². The second-order valence-corrected chi connectivity index (χ2v) is 4.19. The molecule has 0 saturated carbocycles. The lowest BCUT2D eigenvalue weighted by Crippen LogP contribution is -2.08. The topological polar surface area (TPSA) is 77.2 Å². The number of amides is 1. The highest BCUT2D eigenvalue weighted by atomic mass is 32.3. The zero-order valence-electron chi connectivity index (χ0n) is 8.10. The average Bonchev–Trinajstić information content (AvgIpc) is 2.16. The van der Waals surface area contributed by atoms with Crippen molar-refractivity contribution in [1.82, 2.24) is 0 Å². The first-order valence-electron chi connectivity index (χ1n) is 4.22. The molecule has 1 amide bonds. The third-order valence-electron chi connectivity index (χ3n) is 1.64. The Bertz CT molecular complexity index is 569. The summed E-state index contributed by atoms with van der Waals surface area (Å²) in [6.07, 6.45) is -0.208. The molecule has 6 heteroatoms. The van der Waals surface area contributed by atoms with Crippen LogP contribution >= 0.6 is 0 Å². The van der Waals surface area contributed by atoms with Crippen LogP contribution in [0.5, 0.6) is 0 Å². The van der Waals surface area contributed by atoms with Crippen molar-refractivity contribution in [2.75, 3.05) is 0 Å². The van der Waals surface area contributed by atoms with Gasteiger partial charge in [0, 0.05) is 5.56 Å². The Morgan fingerprint density at radius 2 is 2.00 bits per heavy atom. The normalized spacial score (nSPS) is 10.3. The van der Waals surface area contributed by atoms with E-state index in [2.05, 4.69) is 11.8 Å². The monoisotopic (exact) mass is 241 g/mol. The van der Waals surface area contributed by atoms with Crippen LogP contribution in [0.25, 0.3) is 0 Å². The van der Waals surface area contributed by atoms with Crippen molar-refractivity contribution < 1.29 is 17.1 Å². The summed E-state index contributed by atoms with van der Waals surface area (Å²) < 4.78 is 34.2. The van der Waals surface area contributed by atoms with Crippen LogP contribution in [0.3, 0.4) is 0 Å². The number of hydrogen-bond acceptors (Lipinski definition) is 3. The molecule has 0 aliphatic heterocycles. The molecule has 4 nitrogen and oxygen atoms in total. The van der Waals surface area contributed by atoms with Crippen LogP contribution in [0.2, 0.25) is 0 Å². The molecule has 0 spiro atoms. The van der Waals surface area contributed by atoms with Crippen molar-refractivity contribution in [3.8, 4) is 11.8 Å². The Balaban J connectivity index is 3.14. The van der Waals surface area contributed by atoms with Gasteiger partial charge in [-0.1, -0.05) is 24.0 Å². The summed E-state index contributed by atoms with van der Waals surface area (Å²) in [4.78, 5) is 9.89. The van der Waals surface area contributed by atoms with E-state index >= 15 is 0 Å². The molecule has 1 rings (SSSR count). The molecule has 0 bridgehead atoms. The van der Waals surface area contributed by atoms with Gasteiger partial charge in [-0.25, -0.2) is 0 Å². The Hall–Kier alpha value is -1.87. The van der Waals surface area contributed by atoms with Gasteiger partial charge in [0.1, 0.15) is 4.90 Å². The fourth-order valence-electron chi connectivity index (χ4n) is 1.01. The fraction of sp³-hybridized carbons (Fsp3) is 0.100. The van der Waals surface area contributed by atoms with Crippen LogP contribution < -0.4 is 5.73 Å². The molecule has 0 saturated heterocycles. The Kier molecular flexibility index (Phi) is 3.64. The van der Waals surface area contributed by atoms with E-state index in [0.717, 1.165) is 6.07 Å². The van der Waals surface area contributed by atoms with Crippen LogP contribution in [-0.2, 0) is 15.0 Å². The summed E-state index contributed by atoms with van der Waals surface area (Å²) >= 11 is 0. The first-order valence-corrected chi connectivity index (χ1v) is 5.60. The van der Waals surface area contributed by atoms with Gasteiger partial charge in [0.15, 0.2) is 0 Å². The van der Waals surface area contributed by atoms with E-state index < -0.39 is 21.0 Å². The van der Waals surface area contributed by atoms with Crippen molar-refractivity contribution in [1.29, 1.82) is 0 Å². The third kappa shape index (κ3) is 3.37. The van der Waals surface area contributed by atoms with Crippen molar-refractivity contribution in [2.24, 2.45) is 5.73 Å². The largest absolute Gasteiger partial charge is 0.369 e. The Morgan fingerprint density at radius 3 is 2.56 bits per heavy atom. The quantitative estimate of drug-likeness (QED) is 0.607. The van der Waals surface area contributed by atoms with Gasteiger partial charge in [-0.15, -0.1) is 3.89 Å². The molecule has 0 heterocycles. The van der Waals surface area contributed by atoms with Crippen molar-refractivity contribution >= 4 is 16.1 Å². The molecule has 16 heavy (non-hydrogen) atoms. The zero-order valence-corrected chi connectivity index (χ0v) is 8.92. The van der Waals surface area contributed by atoms with Crippen molar-refractivity contribution in [3.05, 3.63) is 29.8 Å². The van der Waals surface area contributed by atoms with E-state index in [1.807, 2.05) is 0 Å². The molecular weight excluding hydrogens is 233 g/mol. The summed E-state index contributed by atoms with van der Waals surface area (Å²) in [5.74, 6) is 4.11. The summed E-state index contributed by atoms with van der Waals surface area (Å²) in [6.45, 7) is 0. The molecule has 0 atom stereocenters. The first kappa shape index (κ1) is 12.2. The lowest BCUT2D eigenvalue weighted by Gasteiger charge is -1.97. The Morgan fingerprint density at radius 1 is 1.38 bits per heavy atom. The van der Waals surface area contributed by atoms with Gasteiger partial charge in [-0.3, -0.25) is 4.79 Å². The maximum atomic E-state index is 12.8. The highest BCUT2D eigenvalue weighted by Gasteiger charge is 2.14. The first-order chi connectivity index (χ1) is 7.41. The summed E-state index contributed by atoms with van der Waals surface area (Å²) in [6, 6.07) is 5.35. The molecule has 84 valence electrons. The predicted molar refractivity (Wildman–Crippen MR) is 55.4 cm³/mol. The van der Waals surface area contributed by atoms with Crippen LogP contribution in [0, 0.1) is 11.8 Å². The number of hydrogen-bond donors (Lipinski definition) is 1. The molecule has 0 aromatic heterocycles. The van der Waals surface area contributed by atoms with Crippen LogP contribution in [0.15, 0.2) is 29.2 Å². The molecule has 0 radical (unpaired) electrons. The van der Waals surface area contributed by atoms with Crippen LogP contribution in [0.4, 0.5) is 3.89 Å². The number of halogens is 1. The predicted octanol–water partition coefficient (Wildman–Crippen LogP) is 0.572. The number of carbonyl (C=O) groups excluding carboxylic acids is 1. The lowest BCUT2D eigenvalue weighted by molar-refractivity contribution is -0.117. The molecule has 0 fully saturated rings. The summed E-state index contributed by atoms with van der Waals surface area (Å²) in [5, 5.41) is 0. The zero-order chi connectivity index (χ0) is 12.2. The van der Waals surface area contributed by atoms with Gasteiger partial charge in [-0.2, -0.15) is 8.42 Å². The van der Waals surface area contributed by atoms with Gasteiger partial charge in [-0.05, 0) is 12.1 Å². The van der Waals surface area contributed by atoms with E-state index in [1.165, 1.54) is 18.2 Å². The molecule has 0 unspecified atom stereocenters. The van der Waals surface area contributed by atoms with E-state index in [0.29, 0.717) is 0 Å². The second-order valence-electron chi connectivity index (χ2n) is 2.88. The van der Waals surface area contributed by atoms with E-state index in [-0.39, 0.29) is 12.0 Å². The minimum absolute atomic E-state index is 0.00579. The van der Waals surface area contributed by atoms with Crippen LogP contribution in [-0.4, -0.2) is 14.3 Å². The minimum Gasteiger partial charge on any atom is -0.369 e. The molecule has 1 aromatic carbocycles. The van der Waals surface area contributed by atoms with Gasteiger partial charge >= 0.3 is 10.2 Å². The standard InChI is InChI=1S/C10H8FNO3S/c11-16(14,15)9-6-2-1-4-8(9)5-3-7-10(12)13/h1-2,4,6H,7H2,(H2,12,13). The number of primary amides is 1. The van der Waals surface area contributed by atoms with E-state index in [4.69, 9.17) is 5.73 Å². The smallest absolute Gasteiger partial charge is 0.333 e.